The third-order valence-corrected chi connectivity index (χ3v) is 4.53. The Morgan fingerprint density at radius 2 is 2.14 bits per heavy atom. The summed E-state index contributed by atoms with van der Waals surface area (Å²) in [5.41, 5.74) is 0.979. The Hall–Kier alpha value is -2.87. The predicted octanol–water partition coefficient (Wildman–Crippen LogP) is 2.37. The summed E-state index contributed by atoms with van der Waals surface area (Å²) in [6.07, 6.45) is 3.26. The van der Waals surface area contributed by atoms with Crippen molar-refractivity contribution in [2.75, 3.05) is 26.3 Å². The highest BCUT2D eigenvalue weighted by atomic mass is 16.5. The van der Waals surface area contributed by atoms with E-state index in [2.05, 4.69) is 5.10 Å². The molecular formula is C20H25N3O5. The largest absolute Gasteiger partial charge is 0.490 e. The van der Waals surface area contributed by atoms with Crippen LogP contribution < -0.4 is 4.74 Å². The Kier molecular flexibility index (Phi) is 6.65. The van der Waals surface area contributed by atoms with E-state index in [9.17, 15) is 9.59 Å². The maximum Gasteiger partial charge on any atom is 0.305 e. The molecule has 8 nitrogen and oxygen atoms in total. The number of carboxylic acids is 1. The van der Waals surface area contributed by atoms with Crippen molar-refractivity contribution in [2.45, 2.75) is 32.3 Å². The van der Waals surface area contributed by atoms with Crippen molar-refractivity contribution in [1.29, 1.82) is 0 Å². The molecule has 1 aromatic carbocycles. The van der Waals surface area contributed by atoms with Crippen molar-refractivity contribution in [2.24, 2.45) is 0 Å². The molecule has 1 saturated heterocycles. The van der Waals surface area contributed by atoms with Crippen molar-refractivity contribution in [3.8, 4) is 11.4 Å². The number of rotatable bonds is 9. The fraction of sp³-hybridized carbons (Fsp3) is 0.450. The summed E-state index contributed by atoms with van der Waals surface area (Å²) < 4.78 is 12.9. The number of aliphatic carboxylic acids is 1. The van der Waals surface area contributed by atoms with Crippen LogP contribution in [0.2, 0.25) is 0 Å². The lowest BCUT2D eigenvalue weighted by molar-refractivity contribution is -0.137. The average molecular weight is 387 g/mol. The minimum atomic E-state index is -0.954. The number of aromatic nitrogens is 2. The first-order chi connectivity index (χ1) is 13.6. The number of amides is 1. The third kappa shape index (κ3) is 4.89. The van der Waals surface area contributed by atoms with E-state index in [0.717, 1.165) is 18.5 Å². The third-order valence-electron chi connectivity index (χ3n) is 4.53. The zero-order valence-corrected chi connectivity index (χ0v) is 15.9. The number of carbonyl (C=O) groups excluding carboxylic acids is 1. The van der Waals surface area contributed by atoms with Crippen molar-refractivity contribution in [3.63, 3.8) is 0 Å². The number of benzene rings is 1. The van der Waals surface area contributed by atoms with Gasteiger partial charge in [-0.25, -0.2) is 4.68 Å². The van der Waals surface area contributed by atoms with Crippen LogP contribution in [0.25, 0.3) is 5.69 Å². The Morgan fingerprint density at radius 3 is 2.79 bits per heavy atom. The van der Waals surface area contributed by atoms with Crippen LogP contribution in [-0.2, 0) is 9.53 Å². The van der Waals surface area contributed by atoms with Crippen LogP contribution in [0.4, 0.5) is 0 Å². The lowest BCUT2D eigenvalue weighted by atomic mass is 10.2. The van der Waals surface area contributed by atoms with Crippen LogP contribution in [0, 0.1) is 0 Å². The molecule has 1 amide bonds. The average Bonchev–Trinajstić information content (AvgIpc) is 3.35. The number of para-hydroxylation sites is 1. The summed E-state index contributed by atoms with van der Waals surface area (Å²) in [5, 5.41) is 13.5. The van der Waals surface area contributed by atoms with E-state index in [1.807, 2.05) is 37.3 Å². The smallest absolute Gasteiger partial charge is 0.305 e. The van der Waals surface area contributed by atoms with Gasteiger partial charge < -0.3 is 19.5 Å². The number of carbonyl (C=O) groups is 2. The standard InChI is InChI=1S/C20H25N3O5/c1-2-27-17-14-23(15-7-4-3-5-8-15)21-19(17)20(26)22(11-10-18(24)25)13-16-9-6-12-28-16/h3-5,7-8,14,16H,2,6,9-13H2,1H3,(H,24,25). The van der Waals surface area contributed by atoms with E-state index in [1.54, 1.807) is 10.9 Å². The summed E-state index contributed by atoms with van der Waals surface area (Å²) in [6.45, 7) is 3.33. The molecule has 28 heavy (non-hydrogen) atoms. The summed E-state index contributed by atoms with van der Waals surface area (Å²) in [6, 6.07) is 9.43. The SMILES string of the molecule is CCOc1cn(-c2ccccc2)nc1C(=O)N(CCC(=O)O)CC1CCCO1. The van der Waals surface area contributed by atoms with Gasteiger partial charge in [-0.1, -0.05) is 18.2 Å². The van der Waals surface area contributed by atoms with E-state index in [-0.39, 0.29) is 30.7 Å². The zero-order valence-electron chi connectivity index (χ0n) is 15.9. The second kappa shape index (κ2) is 9.36. The van der Waals surface area contributed by atoms with E-state index in [4.69, 9.17) is 14.6 Å². The minimum absolute atomic E-state index is 0.0792. The Labute approximate surface area is 163 Å². The molecule has 0 spiro atoms. The monoisotopic (exact) mass is 387 g/mol. The normalized spacial score (nSPS) is 16.1. The van der Waals surface area contributed by atoms with Crippen LogP contribution in [0.5, 0.6) is 5.75 Å². The molecule has 1 aliphatic rings. The number of hydrogen-bond donors (Lipinski definition) is 1. The molecule has 0 radical (unpaired) electrons. The second-order valence-corrected chi connectivity index (χ2v) is 6.59. The van der Waals surface area contributed by atoms with Gasteiger partial charge in [0.2, 0.25) is 0 Å². The molecular weight excluding hydrogens is 362 g/mol. The van der Waals surface area contributed by atoms with Gasteiger partial charge in [-0.3, -0.25) is 9.59 Å². The van der Waals surface area contributed by atoms with E-state index in [1.165, 1.54) is 4.90 Å². The van der Waals surface area contributed by atoms with Crippen molar-refractivity contribution < 1.29 is 24.2 Å². The van der Waals surface area contributed by atoms with Gasteiger partial charge in [-0.2, -0.15) is 5.10 Å². The molecule has 8 heteroatoms. The molecule has 1 N–H and O–H groups in total. The highest BCUT2D eigenvalue weighted by Crippen LogP contribution is 2.23. The van der Waals surface area contributed by atoms with E-state index >= 15 is 0 Å². The van der Waals surface area contributed by atoms with Crippen LogP contribution in [-0.4, -0.2) is 64.1 Å². The molecule has 1 aromatic heterocycles. The molecule has 1 aliphatic heterocycles. The Morgan fingerprint density at radius 1 is 1.36 bits per heavy atom. The Balaban J connectivity index is 1.87. The Bertz CT molecular complexity index is 799. The molecule has 1 atom stereocenters. The van der Waals surface area contributed by atoms with Crippen LogP contribution in [0.3, 0.4) is 0 Å². The fourth-order valence-corrected chi connectivity index (χ4v) is 3.17. The molecule has 150 valence electrons. The first-order valence-corrected chi connectivity index (χ1v) is 9.49. The molecule has 2 heterocycles. The first kappa shape index (κ1) is 19.9. The van der Waals surface area contributed by atoms with Crippen LogP contribution in [0.15, 0.2) is 36.5 Å². The topological polar surface area (TPSA) is 93.9 Å². The molecule has 2 aromatic rings. The summed E-state index contributed by atoms with van der Waals surface area (Å²) in [5.74, 6) is -0.927. The van der Waals surface area contributed by atoms with Crippen molar-refractivity contribution in [1.82, 2.24) is 14.7 Å². The summed E-state index contributed by atoms with van der Waals surface area (Å²) >= 11 is 0. The molecule has 0 aliphatic carbocycles. The molecule has 3 rings (SSSR count). The first-order valence-electron chi connectivity index (χ1n) is 9.49. The number of nitrogens with zero attached hydrogens (tertiary/aromatic N) is 3. The molecule has 1 fully saturated rings. The van der Waals surface area contributed by atoms with E-state index in [0.29, 0.717) is 25.5 Å². The molecule has 0 bridgehead atoms. The van der Waals surface area contributed by atoms with Gasteiger partial charge in [0.1, 0.15) is 0 Å². The van der Waals surface area contributed by atoms with Gasteiger partial charge in [-0.15, -0.1) is 0 Å². The van der Waals surface area contributed by atoms with Gasteiger partial charge in [0, 0.05) is 19.7 Å². The maximum atomic E-state index is 13.2. The quantitative estimate of drug-likeness (QED) is 0.710. The molecule has 0 saturated carbocycles. The van der Waals surface area contributed by atoms with Crippen LogP contribution >= 0.6 is 0 Å². The lowest BCUT2D eigenvalue weighted by Gasteiger charge is -2.24. The molecule has 1 unspecified atom stereocenters. The maximum absolute atomic E-state index is 13.2. The predicted molar refractivity (Wildman–Crippen MR) is 102 cm³/mol. The van der Waals surface area contributed by atoms with Crippen molar-refractivity contribution in [3.05, 3.63) is 42.2 Å². The van der Waals surface area contributed by atoms with Gasteiger partial charge in [-0.05, 0) is 31.9 Å². The van der Waals surface area contributed by atoms with Gasteiger partial charge in [0.05, 0.1) is 31.0 Å². The van der Waals surface area contributed by atoms with Gasteiger partial charge in [0.25, 0.3) is 5.91 Å². The zero-order chi connectivity index (χ0) is 19.9. The highest BCUT2D eigenvalue weighted by molar-refractivity contribution is 5.95. The fourth-order valence-electron chi connectivity index (χ4n) is 3.17. The second-order valence-electron chi connectivity index (χ2n) is 6.59. The lowest BCUT2D eigenvalue weighted by Crippen LogP contribution is -2.39. The summed E-state index contributed by atoms with van der Waals surface area (Å²) in [7, 11) is 0. The van der Waals surface area contributed by atoms with Crippen molar-refractivity contribution >= 4 is 11.9 Å². The number of hydrogen-bond acceptors (Lipinski definition) is 5. The summed E-state index contributed by atoms with van der Waals surface area (Å²) in [4.78, 5) is 25.8. The van der Waals surface area contributed by atoms with Crippen LogP contribution in [0.1, 0.15) is 36.7 Å². The van der Waals surface area contributed by atoms with Gasteiger partial charge in [0.15, 0.2) is 11.4 Å². The number of ether oxygens (including phenoxy) is 2. The minimum Gasteiger partial charge on any atom is -0.490 e. The highest BCUT2D eigenvalue weighted by Gasteiger charge is 2.28. The number of carboxylic acid groups (broad SMARTS) is 1. The van der Waals surface area contributed by atoms with E-state index < -0.39 is 5.97 Å². The van der Waals surface area contributed by atoms with Gasteiger partial charge >= 0.3 is 5.97 Å².